The van der Waals surface area contributed by atoms with Gasteiger partial charge in [-0.05, 0) is 24.3 Å². The number of aliphatic hydroxyl groups is 3. The van der Waals surface area contributed by atoms with E-state index in [1.807, 2.05) is 6.07 Å². The lowest BCUT2D eigenvalue weighted by molar-refractivity contribution is -0.178. The number of aromatic nitrogens is 4. The van der Waals surface area contributed by atoms with Crippen LogP contribution in [0, 0.1) is 23.0 Å². The zero-order chi connectivity index (χ0) is 23.7. The molecule has 172 valence electrons. The van der Waals surface area contributed by atoms with Crippen molar-refractivity contribution in [2.75, 3.05) is 6.61 Å². The Labute approximate surface area is 195 Å². The predicted octanol–water partition coefficient (Wildman–Crippen LogP) is 1.92. The Bertz CT molecular complexity index is 1210. The fourth-order valence-electron chi connectivity index (χ4n) is 3.39. The molecule has 1 fully saturated rings. The molecule has 0 aliphatic carbocycles. The summed E-state index contributed by atoms with van der Waals surface area (Å²) >= 11 is 7.04. The van der Waals surface area contributed by atoms with Crippen LogP contribution < -0.4 is 0 Å². The summed E-state index contributed by atoms with van der Waals surface area (Å²) in [6, 6.07) is 5.48. The van der Waals surface area contributed by atoms with Crippen LogP contribution in [0.15, 0.2) is 41.6 Å². The fourth-order valence-corrected chi connectivity index (χ4v) is 4.73. The molecule has 1 aromatic carbocycles. The molecule has 5 atom stereocenters. The minimum absolute atomic E-state index is 0.0417. The van der Waals surface area contributed by atoms with Crippen LogP contribution >= 0.6 is 23.4 Å². The first-order valence-corrected chi connectivity index (χ1v) is 10.8. The average molecular weight is 496 g/mol. The number of rotatable bonds is 5. The van der Waals surface area contributed by atoms with Crippen LogP contribution in [-0.4, -0.2) is 65.7 Å². The van der Waals surface area contributed by atoms with Crippen molar-refractivity contribution in [1.29, 1.82) is 5.26 Å². The van der Waals surface area contributed by atoms with Gasteiger partial charge < -0.3 is 20.1 Å². The van der Waals surface area contributed by atoms with Crippen molar-refractivity contribution in [3.8, 4) is 17.3 Å². The molecular weight excluding hydrogens is 480 g/mol. The van der Waals surface area contributed by atoms with Crippen molar-refractivity contribution in [3.63, 3.8) is 0 Å². The Morgan fingerprint density at radius 2 is 2.00 bits per heavy atom. The standard InChI is InChI=1S/C20H16ClF2N5O4S/c21-11-4-10(6-25-14(11)5-24)33-20-19(31)17(18(30)16(8-29)32-20)28-7-15(26-27-28)9-1-2-12(22)13(23)3-9/h1-4,6-7,16-20,29-31H,8H2/t16?,17?,18-,19-,20+/m0/s1. The number of ether oxygens (including phenoxy) is 1. The van der Waals surface area contributed by atoms with Crippen molar-refractivity contribution in [2.45, 2.75) is 34.7 Å². The molecular formula is C20H16ClF2N5O4S. The first-order valence-electron chi connectivity index (χ1n) is 9.54. The highest BCUT2D eigenvalue weighted by Gasteiger charge is 2.46. The maximum absolute atomic E-state index is 13.6. The minimum atomic E-state index is -1.36. The van der Waals surface area contributed by atoms with E-state index in [1.165, 1.54) is 29.2 Å². The topological polar surface area (TPSA) is 137 Å². The molecule has 3 N–H and O–H groups in total. The van der Waals surface area contributed by atoms with Gasteiger partial charge >= 0.3 is 0 Å². The van der Waals surface area contributed by atoms with E-state index >= 15 is 0 Å². The van der Waals surface area contributed by atoms with Gasteiger partial charge in [0.25, 0.3) is 0 Å². The Kier molecular flexibility index (Phi) is 6.89. The molecule has 4 rings (SSSR count). The third kappa shape index (κ3) is 4.70. The van der Waals surface area contributed by atoms with E-state index in [1.54, 1.807) is 0 Å². The van der Waals surface area contributed by atoms with Crippen molar-refractivity contribution in [1.82, 2.24) is 20.0 Å². The molecule has 0 saturated carbocycles. The van der Waals surface area contributed by atoms with Gasteiger partial charge in [0.1, 0.15) is 41.6 Å². The van der Waals surface area contributed by atoms with Crippen LogP contribution in [0.3, 0.4) is 0 Å². The molecule has 9 nitrogen and oxygen atoms in total. The second kappa shape index (κ2) is 9.68. The Morgan fingerprint density at radius 1 is 1.21 bits per heavy atom. The van der Waals surface area contributed by atoms with E-state index in [9.17, 15) is 24.1 Å². The van der Waals surface area contributed by atoms with E-state index in [4.69, 9.17) is 21.6 Å². The molecule has 33 heavy (non-hydrogen) atoms. The number of nitrogens with zero attached hydrogens (tertiary/aromatic N) is 5. The summed E-state index contributed by atoms with van der Waals surface area (Å²) in [6.07, 6.45) is -0.999. The van der Waals surface area contributed by atoms with Gasteiger partial charge in [-0.15, -0.1) is 5.10 Å². The molecule has 3 heterocycles. The summed E-state index contributed by atoms with van der Waals surface area (Å²) in [4.78, 5) is 4.42. The third-order valence-electron chi connectivity index (χ3n) is 5.05. The number of nitriles is 1. The number of hydrogen-bond donors (Lipinski definition) is 3. The van der Waals surface area contributed by atoms with E-state index in [2.05, 4.69) is 15.3 Å². The Hall–Kier alpha value is -2.66. The van der Waals surface area contributed by atoms with Crippen LogP contribution in [0.25, 0.3) is 11.3 Å². The molecule has 1 saturated heterocycles. The number of benzene rings is 1. The lowest BCUT2D eigenvalue weighted by Gasteiger charge is -2.41. The SMILES string of the molecule is N#Cc1ncc(S[C@H]2OC(CO)[C@H](O)C(n3cc(-c4ccc(F)c(F)c4)nn3)[C@@H]2O)cc1Cl. The molecule has 0 amide bonds. The first kappa shape index (κ1) is 23.5. The molecule has 0 radical (unpaired) electrons. The summed E-state index contributed by atoms with van der Waals surface area (Å²) < 4.78 is 33.7. The highest BCUT2D eigenvalue weighted by Crippen LogP contribution is 2.38. The lowest BCUT2D eigenvalue weighted by Crippen LogP contribution is -2.55. The number of hydrogen-bond acceptors (Lipinski definition) is 9. The predicted molar refractivity (Wildman–Crippen MR) is 112 cm³/mol. The van der Waals surface area contributed by atoms with Gasteiger partial charge in [-0.2, -0.15) is 5.26 Å². The van der Waals surface area contributed by atoms with Gasteiger partial charge in [-0.25, -0.2) is 18.4 Å². The van der Waals surface area contributed by atoms with Crippen LogP contribution in [0.4, 0.5) is 8.78 Å². The van der Waals surface area contributed by atoms with E-state index in [0.29, 0.717) is 4.90 Å². The Balaban J connectivity index is 1.62. The van der Waals surface area contributed by atoms with Gasteiger partial charge in [0.15, 0.2) is 17.3 Å². The summed E-state index contributed by atoms with van der Waals surface area (Å²) in [5.41, 5.74) is -0.496. The molecule has 1 aliphatic heterocycles. The molecule has 1 aliphatic rings. The molecule has 13 heteroatoms. The van der Waals surface area contributed by atoms with Gasteiger partial charge in [0, 0.05) is 16.7 Å². The number of pyridine rings is 1. The van der Waals surface area contributed by atoms with Crippen molar-refractivity contribution >= 4 is 23.4 Å². The quantitative estimate of drug-likeness (QED) is 0.484. The second-order valence-electron chi connectivity index (χ2n) is 7.14. The largest absolute Gasteiger partial charge is 0.394 e. The van der Waals surface area contributed by atoms with E-state index in [-0.39, 0.29) is 22.0 Å². The van der Waals surface area contributed by atoms with E-state index < -0.39 is 48.0 Å². The van der Waals surface area contributed by atoms with Gasteiger partial charge in [-0.3, -0.25) is 0 Å². The third-order valence-corrected chi connectivity index (χ3v) is 6.46. The monoisotopic (exact) mass is 495 g/mol. The van der Waals surface area contributed by atoms with Crippen LogP contribution in [-0.2, 0) is 4.74 Å². The minimum Gasteiger partial charge on any atom is -0.394 e. The number of thioether (sulfide) groups is 1. The van der Waals surface area contributed by atoms with Crippen molar-refractivity contribution < 1.29 is 28.8 Å². The molecule has 2 aromatic heterocycles. The summed E-state index contributed by atoms with van der Waals surface area (Å²) in [7, 11) is 0. The van der Waals surface area contributed by atoms with Crippen LogP contribution in [0.1, 0.15) is 11.7 Å². The molecule has 0 bridgehead atoms. The normalized spacial score (nSPS) is 25.1. The molecule has 0 spiro atoms. The smallest absolute Gasteiger partial charge is 0.159 e. The lowest BCUT2D eigenvalue weighted by atomic mass is 9.97. The highest BCUT2D eigenvalue weighted by atomic mass is 35.5. The van der Waals surface area contributed by atoms with Crippen molar-refractivity contribution in [3.05, 3.63) is 59.0 Å². The molecule has 2 unspecified atom stereocenters. The van der Waals surface area contributed by atoms with Gasteiger partial charge in [0.2, 0.25) is 0 Å². The summed E-state index contributed by atoms with van der Waals surface area (Å²) in [5, 5.41) is 48.3. The maximum Gasteiger partial charge on any atom is 0.159 e. The summed E-state index contributed by atoms with van der Waals surface area (Å²) in [5.74, 6) is -2.07. The zero-order valence-corrected chi connectivity index (χ0v) is 18.2. The second-order valence-corrected chi connectivity index (χ2v) is 8.72. The first-order chi connectivity index (χ1) is 15.8. The zero-order valence-electron chi connectivity index (χ0n) is 16.6. The molecule has 3 aromatic rings. The van der Waals surface area contributed by atoms with Crippen LogP contribution in [0.2, 0.25) is 5.02 Å². The maximum atomic E-state index is 13.6. The van der Waals surface area contributed by atoms with Crippen molar-refractivity contribution in [2.24, 2.45) is 0 Å². The highest BCUT2D eigenvalue weighted by molar-refractivity contribution is 7.99. The summed E-state index contributed by atoms with van der Waals surface area (Å²) in [6.45, 7) is -0.543. The van der Waals surface area contributed by atoms with Gasteiger partial charge in [-0.1, -0.05) is 28.6 Å². The van der Waals surface area contributed by atoms with Gasteiger partial charge in [0.05, 0.1) is 17.8 Å². The average Bonchev–Trinajstić information content (AvgIpc) is 3.27. The van der Waals surface area contributed by atoms with Crippen LogP contribution in [0.5, 0.6) is 0 Å². The number of halogens is 3. The van der Waals surface area contributed by atoms with E-state index in [0.717, 1.165) is 23.9 Å². The number of aliphatic hydroxyl groups excluding tert-OH is 3. The Morgan fingerprint density at radius 3 is 2.67 bits per heavy atom. The fraction of sp³-hybridized carbons (Fsp3) is 0.300.